The Labute approximate surface area is 145 Å². The molecule has 1 atom stereocenters. The number of rotatable bonds is 6. The highest BCUT2D eigenvalue weighted by atomic mass is 16.6. The van der Waals surface area contributed by atoms with Crippen LogP contribution >= 0.6 is 0 Å². The van der Waals surface area contributed by atoms with Crippen LogP contribution < -0.4 is 14.2 Å². The van der Waals surface area contributed by atoms with Gasteiger partial charge in [0.1, 0.15) is 25.6 Å². The van der Waals surface area contributed by atoms with E-state index in [0.717, 1.165) is 0 Å². The lowest BCUT2D eigenvalue weighted by Gasteiger charge is -2.24. The lowest BCUT2D eigenvalue weighted by Crippen LogP contribution is -2.38. The molecule has 0 bridgehead atoms. The van der Waals surface area contributed by atoms with E-state index in [1.165, 1.54) is 6.92 Å². The van der Waals surface area contributed by atoms with E-state index >= 15 is 0 Å². The molecule has 25 heavy (non-hydrogen) atoms. The average molecular weight is 342 g/mol. The standard InChI is InChI=1S/C19H18O6/c1-13(20)14-6-2-3-7-15(14)22-10-11-23-19(21)18-12-24-16-8-4-5-9-17(16)25-18/h2-9,18H,10-12H2,1H3/t18-/m0/s1. The van der Waals surface area contributed by atoms with Crippen LogP contribution in [0.15, 0.2) is 48.5 Å². The monoisotopic (exact) mass is 342 g/mol. The van der Waals surface area contributed by atoms with Crippen molar-refractivity contribution >= 4 is 11.8 Å². The number of Topliss-reactive ketones (excluding diaryl/α,β-unsaturated/α-hetero) is 1. The maximum atomic E-state index is 12.1. The molecule has 0 saturated heterocycles. The van der Waals surface area contributed by atoms with Gasteiger partial charge in [0.05, 0.1) is 5.56 Å². The topological polar surface area (TPSA) is 71.1 Å². The third-order valence-electron chi connectivity index (χ3n) is 3.62. The Morgan fingerprint density at radius 1 is 1.04 bits per heavy atom. The maximum absolute atomic E-state index is 12.1. The minimum atomic E-state index is -0.806. The summed E-state index contributed by atoms with van der Waals surface area (Å²) in [5.41, 5.74) is 0.495. The summed E-state index contributed by atoms with van der Waals surface area (Å²) in [6.45, 7) is 1.76. The lowest BCUT2D eigenvalue weighted by molar-refractivity contribution is -0.155. The van der Waals surface area contributed by atoms with E-state index in [1.807, 2.05) is 6.07 Å². The van der Waals surface area contributed by atoms with Gasteiger partial charge in [-0.25, -0.2) is 4.79 Å². The molecule has 3 rings (SSSR count). The summed E-state index contributed by atoms with van der Waals surface area (Å²) in [4.78, 5) is 23.6. The summed E-state index contributed by atoms with van der Waals surface area (Å²) in [6.07, 6.45) is -0.806. The molecule has 6 heteroatoms. The zero-order valence-corrected chi connectivity index (χ0v) is 13.8. The molecule has 2 aromatic rings. The predicted octanol–water partition coefficient (Wildman–Crippen LogP) is 2.65. The molecule has 0 aromatic heterocycles. The van der Waals surface area contributed by atoms with Crippen molar-refractivity contribution in [3.8, 4) is 17.2 Å². The van der Waals surface area contributed by atoms with Crippen molar-refractivity contribution in [3.05, 3.63) is 54.1 Å². The number of ketones is 1. The van der Waals surface area contributed by atoms with Gasteiger partial charge in [-0.3, -0.25) is 4.79 Å². The highest BCUT2D eigenvalue weighted by molar-refractivity contribution is 5.96. The Morgan fingerprint density at radius 3 is 2.56 bits per heavy atom. The van der Waals surface area contributed by atoms with Crippen molar-refractivity contribution in [3.63, 3.8) is 0 Å². The first-order chi connectivity index (χ1) is 12.1. The molecule has 1 aliphatic rings. The van der Waals surface area contributed by atoms with Crippen molar-refractivity contribution in [2.75, 3.05) is 19.8 Å². The molecule has 0 radical (unpaired) electrons. The number of para-hydroxylation sites is 3. The third kappa shape index (κ3) is 4.09. The van der Waals surface area contributed by atoms with Crippen LogP contribution in [0.4, 0.5) is 0 Å². The molecule has 130 valence electrons. The molecule has 1 aliphatic heterocycles. The van der Waals surface area contributed by atoms with Gasteiger partial charge in [0.15, 0.2) is 17.3 Å². The van der Waals surface area contributed by atoms with E-state index in [1.54, 1.807) is 42.5 Å². The van der Waals surface area contributed by atoms with Crippen molar-refractivity contribution in [1.82, 2.24) is 0 Å². The molecule has 2 aromatic carbocycles. The number of esters is 1. The van der Waals surface area contributed by atoms with Gasteiger partial charge < -0.3 is 18.9 Å². The number of ether oxygens (including phenoxy) is 4. The normalized spacial score (nSPS) is 15.3. The van der Waals surface area contributed by atoms with Crippen LogP contribution in [-0.2, 0) is 9.53 Å². The van der Waals surface area contributed by atoms with Crippen LogP contribution in [-0.4, -0.2) is 37.7 Å². The van der Waals surface area contributed by atoms with Crippen LogP contribution in [0.5, 0.6) is 17.2 Å². The summed E-state index contributed by atoms with van der Waals surface area (Å²) < 4.78 is 21.7. The predicted molar refractivity (Wildman–Crippen MR) is 89.3 cm³/mol. The fraction of sp³-hybridized carbons (Fsp3) is 0.263. The molecule has 0 fully saturated rings. The van der Waals surface area contributed by atoms with E-state index in [2.05, 4.69) is 0 Å². The molecule has 0 spiro atoms. The Balaban J connectivity index is 1.47. The van der Waals surface area contributed by atoms with Crippen LogP contribution in [0.1, 0.15) is 17.3 Å². The quantitative estimate of drug-likeness (QED) is 0.457. The second-order valence-electron chi connectivity index (χ2n) is 5.43. The van der Waals surface area contributed by atoms with Gasteiger partial charge in [-0.05, 0) is 31.2 Å². The number of carbonyl (C=O) groups excluding carboxylic acids is 2. The number of hydrogen-bond acceptors (Lipinski definition) is 6. The van der Waals surface area contributed by atoms with Gasteiger partial charge >= 0.3 is 5.97 Å². The zero-order chi connectivity index (χ0) is 17.6. The van der Waals surface area contributed by atoms with Crippen molar-refractivity contribution in [2.45, 2.75) is 13.0 Å². The first-order valence-corrected chi connectivity index (χ1v) is 7.93. The molecule has 0 saturated carbocycles. The van der Waals surface area contributed by atoms with Gasteiger partial charge in [0.2, 0.25) is 6.10 Å². The van der Waals surface area contributed by atoms with Crippen molar-refractivity contribution in [1.29, 1.82) is 0 Å². The number of fused-ring (bicyclic) bond motifs is 1. The van der Waals surface area contributed by atoms with Gasteiger partial charge in [-0.1, -0.05) is 24.3 Å². The summed E-state index contributed by atoms with van der Waals surface area (Å²) in [5.74, 6) is 0.993. The molecule has 0 unspecified atom stereocenters. The number of carbonyl (C=O) groups is 2. The van der Waals surface area contributed by atoms with Gasteiger partial charge in [0.25, 0.3) is 0 Å². The van der Waals surface area contributed by atoms with Gasteiger partial charge in [0, 0.05) is 0 Å². The Morgan fingerprint density at radius 2 is 1.76 bits per heavy atom. The second-order valence-corrected chi connectivity index (χ2v) is 5.43. The van der Waals surface area contributed by atoms with Crippen LogP contribution in [0.2, 0.25) is 0 Å². The first kappa shape index (κ1) is 16.8. The molecular weight excluding hydrogens is 324 g/mol. The average Bonchev–Trinajstić information content (AvgIpc) is 2.64. The second kappa shape index (κ2) is 7.70. The molecule has 0 N–H and O–H groups in total. The lowest BCUT2D eigenvalue weighted by atomic mass is 10.1. The number of hydrogen-bond donors (Lipinski definition) is 0. The Hall–Kier alpha value is -3.02. The summed E-state index contributed by atoms with van der Waals surface area (Å²) in [7, 11) is 0. The van der Waals surface area contributed by atoms with Crippen LogP contribution in [0.3, 0.4) is 0 Å². The van der Waals surface area contributed by atoms with Crippen molar-refractivity contribution in [2.24, 2.45) is 0 Å². The first-order valence-electron chi connectivity index (χ1n) is 7.93. The minimum absolute atomic E-state index is 0.0482. The smallest absolute Gasteiger partial charge is 0.351 e. The highest BCUT2D eigenvalue weighted by Gasteiger charge is 2.28. The van der Waals surface area contributed by atoms with Crippen molar-refractivity contribution < 1.29 is 28.5 Å². The van der Waals surface area contributed by atoms with E-state index in [-0.39, 0.29) is 25.6 Å². The van der Waals surface area contributed by atoms with Crippen LogP contribution in [0, 0.1) is 0 Å². The fourth-order valence-corrected chi connectivity index (χ4v) is 2.41. The molecule has 0 aliphatic carbocycles. The molecule has 0 amide bonds. The Bertz CT molecular complexity index is 770. The Kier molecular flexibility index (Phi) is 5.18. The van der Waals surface area contributed by atoms with Crippen LogP contribution in [0.25, 0.3) is 0 Å². The summed E-state index contributed by atoms with van der Waals surface area (Å²) in [5, 5.41) is 0. The summed E-state index contributed by atoms with van der Waals surface area (Å²) in [6, 6.07) is 14.1. The van der Waals surface area contributed by atoms with E-state index in [0.29, 0.717) is 22.8 Å². The van der Waals surface area contributed by atoms with E-state index < -0.39 is 12.1 Å². The van der Waals surface area contributed by atoms with E-state index in [4.69, 9.17) is 18.9 Å². The van der Waals surface area contributed by atoms with Gasteiger partial charge in [-0.2, -0.15) is 0 Å². The highest BCUT2D eigenvalue weighted by Crippen LogP contribution is 2.31. The fourth-order valence-electron chi connectivity index (χ4n) is 2.41. The number of benzene rings is 2. The van der Waals surface area contributed by atoms with E-state index in [9.17, 15) is 9.59 Å². The largest absolute Gasteiger partial charge is 0.489 e. The molecular formula is C19H18O6. The third-order valence-corrected chi connectivity index (χ3v) is 3.62. The SMILES string of the molecule is CC(=O)c1ccccc1OCCOC(=O)[C@@H]1COc2ccccc2O1. The van der Waals surface area contributed by atoms with Gasteiger partial charge in [-0.15, -0.1) is 0 Å². The minimum Gasteiger partial charge on any atom is -0.489 e. The summed E-state index contributed by atoms with van der Waals surface area (Å²) >= 11 is 0. The maximum Gasteiger partial charge on any atom is 0.351 e. The zero-order valence-electron chi connectivity index (χ0n) is 13.8. The molecule has 1 heterocycles. The molecule has 6 nitrogen and oxygen atoms in total.